The van der Waals surface area contributed by atoms with Gasteiger partial charge in [-0.1, -0.05) is 36.4 Å². The molecule has 0 unspecified atom stereocenters. The molecule has 7 nitrogen and oxygen atoms in total. The molecule has 0 aliphatic carbocycles. The first kappa shape index (κ1) is 21.3. The first-order valence-electron chi connectivity index (χ1n) is 8.99. The van der Waals surface area contributed by atoms with Gasteiger partial charge in [0.25, 0.3) is 11.6 Å². The summed E-state index contributed by atoms with van der Waals surface area (Å²) in [6.45, 7) is 1.98. The van der Waals surface area contributed by atoms with E-state index in [2.05, 4.69) is 21.2 Å². The van der Waals surface area contributed by atoms with Crippen LogP contribution in [0, 0.1) is 17.0 Å². The molecule has 154 valence electrons. The lowest BCUT2D eigenvalue weighted by Gasteiger charge is -2.14. The van der Waals surface area contributed by atoms with Gasteiger partial charge in [-0.2, -0.15) is 0 Å². The summed E-state index contributed by atoms with van der Waals surface area (Å²) in [5.74, 6) is 0.436. The number of benzene rings is 3. The molecule has 0 saturated carbocycles. The van der Waals surface area contributed by atoms with E-state index in [1.54, 1.807) is 31.2 Å². The second-order valence-corrected chi connectivity index (χ2v) is 7.33. The Balaban J connectivity index is 1.81. The van der Waals surface area contributed by atoms with Crippen LogP contribution in [-0.2, 0) is 6.61 Å². The average Bonchev–Trinajstić information content (AvgIpc) is 2.74. The number of amides is 1. The molecule has 0 aromatic heterocycles. The summed E-state index contributed by atoms with van der Waals surface area (Å²) in [6, 6.07) is 17.4. The monoisotopic (exact) mass is 470 g/mol. The van der Waals surface area contributed by atoms with Crippen molar-refractivity contribution in [3.63, 3.8) is 0 Å². The number of carbonyl (C=O) groups is 1. The average molecular weight is 471 g/mol. The third-order valence-electron chi connectivity index (χ3n) is 4.38. The summed E-state index contributed by atoms with van der Waals surface area (Å²) in [5, 5.41) is 13.8. The van der Waals surface area contributed by atoms with Gasteiger partial charge in [-0.25, -0.2) is 0 Å². The molecular formula is C22H19BrN2O5. The minimum atomic E-state index is -0.483. The van der Waals surface area contributed by atoms with E-state index < -0.39 is 10.8 Å². The van der Waals surface area contributed by atoms with Crippen molar-refractivity contribution < 1.29 is 19.2 Å². The Morgan fingerprint density at radius 3 is 2.53 bits per heavy atom. The zero-order chi connectivity index (χ0) is 21.7. The molecule has 1 N–H and O–H groups in total. The topological polar surface area (TPSA) is 90.7 Å². The molecule has 8 heteroatoms. The van der Waals surface area contributed by atoms with Crippen LogP contribution >= 0.6 is 15.9 Å². The first-order valence-corrected chi connectivity index (χ1v) is 9.79. The highest BCUT2D eigenvalue weighted by Crippen LogP contribution is 2.37. The molecule has 3 aromatic carbocycles. The molecule has 30 heavy (non-hydrogen) atoms. The van der Waals surface area contributed by atoms with Gasteiger partial charge in [-0.05, 0) is 46.6 Å². The molecule has 0 spiro atoms. The Kier molecular flexibility index (Phi) is 6.68. The summed E-state index contributed by atoms with van der Waals surface area (Å²) in [4.78, 5) is 23.3. The number of nitrogens with zero attached hydrogens (tertiary/aromatic N) is 1. The minimum absolute atomic E-state index is 0.0591. The highest BCUT2D eigenvalue weighted by atomic mass is 79.9. The van der Waals surface area contributed by atoms with Crippen molar-refractivity contribution >= 4 is 33.2 Å². The molecule has 0 aliphatic heterocycles. The predicted molar refractivity (Wildman–Crippen MR) is 117 cm³/mol. The third kappa shape index (κ3) is 4.96. The number of carbonyl (C=O) groups excluding carboxylic acids is 1. The summed E-state index contributed by atoms with van der Waals surface area (Å²) < 4.78 is 11.8. The van der Waals surface area contributed by atoms with Gasteiger partial charge >= 0.3 is 0 Å². The number of halogens is 1. The van der Waals surface area contributed by atoms with E-state index in [0.29, 0.717) is 39.4 Å². The van der Waals surface area contributed by atoms with Crippen LogP contribution in [0.2, 0.25) is 0 Å². The van der Waals surface area contributed by atoms with E-state index in [1.165, 1.54) is 13.2 Å². The Morgan fingerprint density at radius 2 is 1.87 bits per heavy atom. The predicted octanol–water partition coefficient (Wildman–Crippen LogP) is 5.51. The van der Waals surface area contributed by atoms with Gasteiger partial charge in [0.2, 0.25) is 0 Å². The van der Waals surface area contributed by atoms with Gasteiger partial charge in [-0.3, -0.25) is 14.9 Å². The third-order valence-corrected chi connectivity index (χ3v) is 4.97. The van der Waals surface area contributed by atoms with Crippen molar-refractivity contribution in [2.45, 2.75) is 13.5 Å². The van der Waals surface area contributed by atoms with E-state index in [4.69, 9.17) is 9.47 Å². The fraction of sp³-hybridized carbons (Fsp3) is 0.136. The van der Waals surface area contributed by atoms with E-state index in [-0.39, 0.29) is 5.69 Å². The number of methoxy groups -OCH3 is 1. The summed E-state index contributed by atoms with van der Waals surface area (Å²) in [6.07, 6.45) is 0. The minimum Gasteiger partial charge on any atom is -0.493 e. The molecule has 0 heterocycles. The van der Waals surface area contributed by atoms with E-state index in [9.17, 15) is 14.9 Å². The number of hydrogen-bond donors (Lipinski definition) is 1. The number of aryl methyl sites for hydroxylation is 1. The van der Waals surface area contributed by atoms with Gasteiger partial charge in [0.15, 0.2) is 11.5 Å². The van der Waals surface area contributed by atoms with Crippen molar-refractivity contribution in [2.24, 2.45) is 0 Å². The van der Waals surface area contributed by atoms with Gasteiger partial charge < -0.3 is 14.8 Å². The maximum absolute atomic E-state index is 12.7. The van der Waals surface area contributed by atoms with Crippen molar-refractivity contribution in [1.82, 2.24) is 0 Å². The standard InChI is InChI=1S/C22H19BrN2O5/c1-14-8-9-17(12-19(14)25(27)28)24-22(26)16-10-18(23)21(20(11-16)29-2)30-13-15-6-4-3-5-7-15/h3-12H,13H2,1-2H3,(H,24,26). The summed E-state index contributed by atoms with van der Waals surface area (Å²) in [7, 11) is 1.49. The van der Waals surface area contributed by atoms with Gasteiger partial charge in [0.05, 0.1) is 16.5 Å². The van der Waals surface area contributed by atoms with Crippen molar-refractivity contribution in [3.05, 3.63) is 91.9 Å². The van der Waals surface area contributed by atoms with E-state index >= 15 is 0 Å². The molecule has 0 fully saturated rings. The van der Waals surface area contributed by atoms with Crippen LogP contribution in [-0.4, -0.2) is 17.9 Å². The van der Waals surface area contributed by atoms with Crippen LogP contribution in [0.4, 0.5) is 11.4 Å². The number of anilines is 1. The lowest BCUT2D eigenvalue weighted by atomic mass is 10.1. The molecule has 0 radical (unpaired) electrons. The molecule has 1 amide bonds. The largest absolute Gasteiger partial charge is 0.493 e. The number of ether oxygens (including phenoxy) is 2. The van der Waals surface area contributed by atoms with Crippen LogP contribution in [0.15, 0.2) is 65.1 Å². The second-order valence-electron chi connectivity index (χ2n) is 6.48. The lowest BCUT2D eigenvalue weighted by molar-refractivity contribution is -0.385. The fourth-order valence-corrected chi connectivity index (χ4v) is 3.36. The molecule has 0 aliphatic rings. The van der Waals surface area contributed by atoms with Gasteiger partial charge in [-0.15, -0.1) is 0 Å². The SMILES string of the molecule is COc1cc(C(=O)Nc2ccc(C)c([N+](=O)[O-])c2)cc(Br)c1OCc1ccccc1. The van der Waals surface area contributed by atoms with Gasteiger partial charge in [0, 0.05) is 22.9 Å². The van der Waals surface area contributed by atoms with E-state index in [0.717, 1.165) is 5.56 Å². The number of hydrogen-bond acceptors (Lipinski definition) is 5. The van der Waals surface area contributed by atoms with Crippen molar-refractivity contribution in [3.8, 4) is 11.5 Å². The summed E-state index contributed by atoms with van der Waals surface area (Å²) >= 11 is 3.43. The number of nitro benzene ring substituents is 1. The zero-order valence-electron chi connectivity index (χ0n) is 16.3. The Bertz CT molecular complexity index is 1090. The number of nitrogens with one attached hydrogen (secondary N) is 1. The lowest BCUT2D eigenvalue weighted by Crippen LogP contribution is -2.13. The van der Waals surface area contributed by atoms with E-state index in [1.807, 2.05) is 30.3 Å². The molecule has 0 bridgehead atoms. The Morgan fingerprint density at radius 1 is 1.13 bits per heavy atom. The fourth-order valence-electron chi connectivity index (χ4n) is 2.81. The highest BCUT2D eigenvalue weighted by Gasteiger charge is 2.17. The second kappa shape index (κ2) is 9.41. The number of rotatable bonds is 7. The van der Waals surface area contributed by atoms with Crippen LogP contribution in [0.1, 0.15) is 21.5 Å². The van der Waals surface area contributed by atoms with Crippen molar-refractivity contribution in [1.29, 1.82) is 0 Å². The van der Waals surface area contributed by atoms with Crippen LogP contribution in [0.25, 0.3) is 0 Å². The van der Waals surface area contributed by atoms with Crippen LogP contribution in [0.5, 0.6) is 11.5 Å². The van der Waals surface area contributed by atoms with Crippen LogP contribution in [0.3, 0.4) is 0 Å². The number of nitro groups is 1. The first-order chi connectivity index (χ1) is 14.4. The normalized spacial score (nSPS) is 10.4. The molecule has 0 atom stereocenters. The Hall–Kier alpha value is -3.39. The van der Waals surface area contributed by atoms with Crippen LogP contribution < -0.4 is 14.8 Å². The smallest absolute Gasteiger partial charge is 0.274 e. The maximum atomic E-state index is 12.7. The quantitative estimate of drug-likeness (QED) is 0.363. The van der Waals surface area contributed by atoms with Crippen molar-refractivity contribution in [2.75, 3.05) is 12.4 Å². The molecule has 3 aromatic rings. The zero-order valence-corrected chi connectivity index (χ0v) is 17.9. The molecule has 0 saturated heterocycles. The summed E-state index contributed by atoms with van der Waals surface area (Å²) in [5.41, 5.74) is 2.10. The van der Waals surface area contributed by atoms with Gasteiger partial charge in [0.1, 0.15) is 6.61 Å². The Labute approximate surface area is 181 Å². The molecule has 3 rings (SSSR count). The maximum Gasteiger partial charge on any atom is 0.274 e. The highest BCUT2D eigenvalue weighted by molar-refractivity contribution is 9.10. The molecular weight excluding hydrogens is 452 g/mol.